The third-order valence-corrected chi connectivity index (χ3v) is 6.97. The van der Waals surface area contributed by atoms with Crippen LogP contribution in [0.2, 0.25) is 0 Å². The van der Waals surface area contributed by atoms with E-state index in [9.17, 15) is 14.9 Å². The molecule has 3 heterocycles. The van der Waals surface area contributed by atoms with Crippen LogP contribution in [0.1, 0.15) is 38.7 Å². The van der Waals surface area contributed by atoms with Gasteiger partial charge in [-0.3, -0.25) is 20.2 Å². The molecule has 1 N–H and O–H groups in total. The fraction of sp³-hybridized carbons (Fsp3) is 0.435. The number of nitro benzene ring substituents is 1. The Labute approximate surface area is 195 Å². The van der Waals surface area contributed by atoms with Gasteiger partial charge in [0.25, 0.3) is 5.69 Å². The molecule has 0 saturated carbocycles. The third-order valence-electron chi connectivity index (χ3n) is 6.15. The minimum atomic E-state index is -0.884. The van der Waals surface area contributed by atoms with Crippen LogP contribution in [-0.4, -0.2) is 45.6 Å². The van der Waals surface area contributed by atoms with Crippen LogP contribution in [0.5, 0.6) is 0 Å². The van der Waals surface area contributed by atoms with E-state index in [4.69, 9.17) is 9.72 Å². The molecule has 2 atom stereocenters. The van der Waals surface area contributed by atoms with E-state index in [1.165, 1.54) is 12.1 Å². The van der Waals surface area contributed by atoms with Crippen molar-refractivity contribution < 1.29 is 14.5 Å². The van der Waals surface area contributed by atoms with E-state index < -0.39 is 10.5 Å². The summed E-state index contributed by atoms with van der Waals surface area (Å²) < 4.78 is 5.46. The van der Waals surface area contributed by atoms with Crippen molar-refractivity contribution in [1.29, 1.82) is 0 Å². The molecule has 3 aromatic rings. The molecule has 1 aliphatic heterocycles. The van der Waals surface area contributed by atoms with Gasteiger partial charge in [0.05, 0.1) is 11.5 Å². The molecule has 2 unspecified atom stereocenters. The number of piperidine rings is 1. The standard InChI is InChI=1S/C23H27N5O4S/c1-3-18-13-23(21(29)32-4-2,25-14-16-6-5-7-19(12-16)28(30)31)9-10-27(18)22-24-15-17-8-11-33-20(17)26-22/h5-8,11-12,15,18,25H,3-4,9-10,13-14H2,1-2H3. The van der Waals surface area contributed by atoms with E-state index in [0.29, 0.717) is 31.9 Å². The number of esters is 1. The van der Waals surface area contributed by atoms with Crippen molar-refractivity contribution in [1.82, 2.24) is 15.3 Å². The lowest BCUT2D eigenvalue weighted by atomic mass is 9.82. The lowest BCUT2D eigenvalue weighted by Gasteiger charge is -2.45. The highest BCUT2D eigenvalue weighted by atomic mass is 32.1. The molecule has 0 aliphatic carbocycles. The summed E-state index contributed by atoms with van der Waals surface area (Å²) in [5.41, 5.74) is -0.109. The van der Waals surface area contributed by atoms with Gasteiger partial charge in [0.2, 0.25) is 5.95 Å². The zero-order valence-electron chi connectivity index (χ0n) is 18.7. The molecule has 1 aliphatic rings. The number of hydrogen-bond acceptors (Lipinski definition) is 9. The van der Waals surface area contributed by atoms with E-state index in [1.807, 2.05) is 23.7 Å². The van der Waals surface area contributed by atoms with Gasteiger partial charge in [-0.05, 0) is 43.2 Å². The number of non-ortho nitro benzene ring substituents is 1. The zero-order valence-corrected chi connectivity index (χ0v) is 19.5. The molecular weight excluding hydrogens is 442 g/mol. The van der Waals surface area contributed by atoms with Crippen LogP contribution in [0.3, 0.4) is 0 Å². The number of nitrogens with zero attached hydrogens (tertiary/aromatic N) is 4. The topological polar surface area (TPSA) is 110 Å². The number of ether oxygens (including phenoxy) is 1. The maximum Gasteiger partial charge on any atom is 0.326 e. The molecule has 0 radical (unpaired) electrons. The fourth-order valence-electron chi connectivity index (χ4n) is 4.36. The predicted octanol–water partition coefficient (Wildman–Crippen LogP) is 4.07. The normalized spacial score (nSPS) is 20.7. The van der Waals surface area contributed by atoms with Crippen molar-refractivity contribution in [3.8, 4) is 0 Å². The summed E-state index contributed by atoms with van der Waals surface area (Å²) in [6.45, 7) is 5.09. The Balaban J connectivity index is 1.57. The number of nitrogens with one attached hydrogen (secondary N) is 1. The van der Waals surface area contributed by atoms with Gasteiger partial charge in [-0.15, -0.1) is 11.3 Å². The molecule has 9 nitrogen and oxygen atoms in total. The molecule has 33 heavy (non-hydrogen) atoms. The second-order valence-electron chi connectivity index (χ2n) is 8.14. The van der Waals surface area contributed by atoms with Crippen LogP contribution in [0.4, 0.5) is 11.6 Å². The zero-order chi connectivity index (χ0) is 23.4. The molecule has 1 saturated heterocycles. The maximum absolute atomic E-state index is 13.1. The Hall–Kier alpha value is -3.11. The minimum Gasteiger partial charge on any atom is -0.465 e. The number of carbonyl (C=O) groups is 1. The number of fused-ring (bicyclic) bond motifs is 1. The first-order valence-corrected chi connectivity index (χ1v) is 12.0. The summed E-state index contributed by atoms with van der Waals surface area (Å²) in [4.78, 5) is 36.3. The number of benzene rings is 1. The SMILES string of the molecule is CCOC(=O)C1(NCc2cccc([N+](=O)[O-])c2)CCN(c2ncc3ccsc3n2)C(CC)C1. The van der Waals surface area contributed by atoms with Crippen molar-refractivity contribution in [3.63, 3.8) is 0 Å². The van der Waals surface area contributed by atoms with Crippen LogP contribution in [0, 0.1) is 10.1 Å². The van der Waals surface area contributed by atoms with E-state index in [1.54, 1.807) is 24.3 Å². The highest BCUT2D eigenvalue weighted by Crippen LogP contribution is 2.33. The third kappa shape index (κ3) is 4.81. The Kier molecular flexibility index (Phi) is 6.85. The lowest BCUT2D eigenvalue weighted by molar-refractivity contribution is -0.384. The minimum absolute atomic E-state index is 0.0295. The molecule has 1 fully saturated rings. The average Bonchev–Trinajstić information content (AvgIpc) is 3.31. The van der Waals surface area contributed by atoms with Crippen molar-refractivity contribution >= 4 is 39.2 Å². The first-order valence-electron chi connectivity index (χ1n) is 11.1. The number of rotatable bonds is 8. The second kappa shape index (κ2) is 9.80. The molecule has 10 heteroatoms. The molecule has 4 rings (SSSR count). The van der Waals surface area contributed by atoms with Gasteiger partial charge in [-0.25, -0.2) is 9.97 Å². The Bertz CT molecular complexity index is 1150. The molecule has 0 amide bonds. The van der Waals surface area contributed by atoms with Crippen molar-refractivity contribution in [3.05, 3.63) is 57.6 Å². The van der Waals surface area contributed by atoms with Crippen LogP contribution in [-0.2, 0) is 16.1 Å². The Morgan fingerprint density at radius 3 is 3.00 bits per heavy atom. The quantitative estimate of drug-likeness (QED) is 0.299. The second-order valence-corrected chi connectivity index (χ2v) is 9.04. The van der Waals surface area contributed by atoms with Crippen molar-refractivity contribution in [2.75, 3.05) is 18.1 Å². The van der Waals surface area contributed by atoms with Gasteiger partial charge in [0, 0.05) is 42.8 Å². The van der Waals surface area contributed by atoms with Gasteiger partial charge < -0.3 is 9.64 Å². The fourth-order valence-corrected chi connectivity index (χ4v) is 5.10. The number of aromatic nitrogens is 2. The van der Waals surface area contributed by atoms with Crippen LogP contribution >= 0.6 is 11.3 Å². The average molecular weight is 470 g/mol. The van der Waals surface area contributed by atoms with Gasteiger partial charge >= 0.3 is 5.97 Å². The first kappa shape index (κ1) is 23.1. The summed E-state index contributed by atoms with van der Waals surface area (Å²) in [5, 5.41) is 17.6. The van der Waals surface area contributed by atoms with Crippen molar-refractivity contribution in [2.45, 2.75) is 51.2 Å². The summed E-state index contributed by atoms with van der Waals surface area (Å²) in [7, 11) is 0. The van der Waals surface area contributed by atoms with E-state index >= 15 is 0 Å². The van der Waals surface area contributed by atoms with Gasteiger partial charge in [0.15, 0.2) is 0 Å². The highest BCUT2D eigenvalue weighted by molar-refractivity contribution is 7.16. The predicted molar refractivity (Wildman–Crippen MR) is 127 cm³/mol. The van der Waals surface area contributed by atoms with Crippen molar-refractivity contribution in [2.24, 2.45) is 0 Å². The molecule has 0 spiro atoms. The van der Waals surface area contributed by atoms with Crippen LogP contribution in [0.15, 0.2) is 41.9 Å². The number of nitro groups is 1. The smallest absolute Gasteiger partial charge is 0.326 e. The number of thiophene rings is 1. The maximum atomic E-state index is 13.1. The molecule has 2 aromatic heterocycles. The number of carbonyl (C=O) groups excluding carboxylic acids is 1. The Morgan fingerprint density at radius 2 is 2.24 bits per heavy atom. The number of anilines is 1. The molecular formula is C23H27N5O4S. The highest BCUT2D eigenvalue weighted by Gasteiger charge is 2.46. The first-order chi connectivity index (χ1) is 16.0. The van der Waals surface area contributed by atoms with E-state index in [-0.39, 0.29) is 24.3 Å². The lowest BCUT2D eigenvalue weighted by Crippen LogP contribution is -2.62. The largest absolute Gasteiger partial charge is 0.465 e. The molecule has 174 valence electrons. The molecule has 0 bridgehead atoms. The van der Waals surface area contributed by atoms with Gasteiger partial charge in [-0.1, -0.05) is 19.1 Å². The van der Waals surface area contributed by atoms with Gasteiger partial charge in [-0.2, -0.15) is 0 Å². The van der Waals surface area contributed by atoms with E-state index in [0.717, 1.165) is 22.2 Å². The summed E-state index contributed by atoms with van der Waals surface area (Å²) in [5.74, 6) is 0.385. The number of hydrogen-bond donors (Lipinski definition) is 1. The van der Waals surface area contributed by atoms with Crippen LogP contribution < -0.4 is 10.2 Å². The van der Waals surface area contributed by atoms with Crippen LogP contribution in [0.25, 0.3) is 10.2 Å². The summed E-state index contributed by atoms with van der Waals surface area (Å²) in [6.07, 6.45) is 3.70. The van der Waals surface area contributed by atoms with E-state index in [2.05, 4.69) is 22.1 Å². The summed E-state index contributed by atoms with van der Waals surface area (Å²) >= 11 is 1.58. The monoisotopic (exact) mass is 469 g/mol. The summed E-state index contributed by atoms with van der Waals surface area (Å²) in [6, 6.07) is 8.50. The Morgan fingerprint density at radius 1 is 1.39 bits per heavy atom. The van der Waals surface area contributed by atoms with Gasteiger partial charge in [0.1, 0.15) is 10.4 Å². The molecule has 1 aromatic carbocycles.